The number of fused-ring (bicyclic) bond motifs is 1. The smallest absolute Gasteiger partial charge is 0.161 e. The minimum absolute atomic E-state index is 0.599. The molecule has 0 bridgehead atoms. The van der Waals surface area contributed by atoms with Gasteiger partial charge in [-0.05, 0) is 49.2 Å². The molecular formula is C22H23N3O3S. The second-order valence-electron chi connectivity index (χ2n) is 6.79. The van der Waals surface area contributed by atoms with E-state index in [0.29, 0.717) is 24.6 Å². The molecule has 0 amide bonds. The third kappa shape index (κ3) is 3.78. The van der Waals surface area contributed by atoms with Gasteiger partial charge in [-0.3, -0.25) is 0 Å². The first-order valence-corrected chi connectivity index (χ1v) is 10.1. The molecule has 150 valence electrons. The topological polar surface area (TPSA) is 60.6 Å². The van der Waals surface area contributed by atoms with Crippen molar-refractivity contribution in [1.29, 1.82) is 0 Å². The van der Waals surface area contributed by atoms with Crippen LogP contribution in [0.15, 0.2) is 47.3 Å². The van der Waals surface area contributed by atoms with Gasteiger partial charge >= 0.3 is 0 Å². The Bertz CT molecular complexity index is 1120. The second kappa shape index (κ2) is 8.13. The molecule has 7 heteroatoms. The summed E-state index contributed by atoms with van der Waals surface area (Å²) in [5.74, 6) is 3.20. The van der Waals surface area contributed by atoms with Gasteiger partial charge in [-0.15, -0.1) is 11.3 Å². The van der Waals surface area contributed by atoms with Crippen LogP contribution in [0.2, 0.25) is 0 Å². The van der Waals surface area contributed by atoms with Gasteiger partial charge in [-0.25, -0.2) is 9.97 Å². The molecule has 0 aliphatic rings. The summed E-state index contributed by atoms with van der Waals surface area (Å²) in [6, 6.07) is 9.85. The molecule has 3 heterocycles. The molecule has 29 heavy (non-hydrogen) atoms. The molecule has 1 aromatic carbocycles. The average molecular weight is 410 g/mol. The Hall–Kier alpha value is -3.06. The molecule has 0 spiro atoms. The Labute approximate surface area is 173 Å². The van der Waals surface area contributed by atoms with E-state index in [2.05, 4.69) is 28.7 Å². The van der Waals surface area contributed by atoms with E-state index in [1.807, 2.05) is 30.3 Å². The molecule has 4 rings (SSSR count). The Morgan fingerprint density at radius 1 is 1.03 bits per heavy atom. The van der Waals surface area contributed by atoms with Crippen LogP contribution in [-0.2, 0) is 13.1 Å². The average Bonchev–Trinajstić information content (AvgIpc) is 3.35. The van der Waals surface area contributed by atoms with Crippen LogP contribution in [0.5, 0.6) is 11.5 Å². The lowest BCUT2D eigenvalue weighted by Crippen LogP contribution is -2.23. The molecular weight excluding hydrogens is 386 g/mol. The van der Waals surface area contributed by atoms with Crippen LogP contribution in [0, 0.1) is 13.8 Å². The summed E-state index contributed by atoms with van der Waals surface area (Å²) in [6.07, 6.45) is 3.33. The van der Waals surface area contributed by atoms with Gasteiger partial charge in [-0.1, -0.05) is 6.07 Å². The van der Waals surface area contributed by atoms with Crippen LogP contribution in [0.4, 0.5) is 5.82 Å². The van der Waals surface area contributed by atoms with Crippen molar-refractivity contribution >= 4 is 27.4 Å². The number of hydrogen-bond acceptors (Lipinski definition) is 7. The fraction of sp³-hybridized carbons (Fsp3) is 0.273. The third-order valence-electron chi connectivity index (χ3n) is 4.99. The molecule has 0 saturated carbocycles. The molecule has 6 nitrogen and oxygen atoms in total. The zero-order valence-corrected chi connectivity index (χ0v) is 17.7. The van der Waals surface area contributed by atoms with Gasteiger partial charge in [0.2, 0.25) is 0 Å². The van der Waals surface area contributed by atoms with Crippen LogP contribution in [-0.4, -0.2) is 24.2 Å². The third-order valence-corrected chi connectivity index (χ3v) is 6.11. The lowest BCUT2D eigenvalue weighted by atomic mass is 10.1. The van der Waals surface area contributed by atoms with Crippen molar-refractivity contribution < 1.29 is 13.9 Å². The lowest BCUT2D eigenvalue weighted by molar-refractivity contribution is 0.354. The Kier molecular flexibility index (Phi) is 5.40. The molecule has 0 aliphatic heterocycles. The quantitative estimate of drug-likeness (QED) is 0.422. The van der Waals surface area contributed by atoms with E-state index in [4.69, 9.17) is 13.9 Å². The number of anilines is 1. The van der Waals surface area contributed by atoms with Crippen LogP contribution >= 0.6 is 11.3 Å². The summed E-state index contributed by atoms with van der Waals surface area (Å²) >= 11 is 1.70. The molecule has 0 fully saturated rings. The Balaban J connectivity index is 1.77. The number of rotatable bonds is 7. The molecule has 4 aromatic rings. The van der Waals surface area contributed by atoms with Crippen molar-refractivity contribution in [3.8, 4) is 11.5 Å². The van der Waals surface area contributed by atoms with Crippen LogP contribution < -0.4 is 14.4 Å². The minimum atomic E-state index is 0.599. The van der Waals surface area contributed by atoms with E-state index in [1.165, 1.54) is 10.4 Å². The van der Waals surface area contributed by atoms with Crippen molar-refractivity contribution in [3.63, 3.8) is 0 Å². The van der Waals surface area contributed by atoms with Crippen molar-refractivity contribution in [2.24, 2.45) is 0 Å². The number of hydrogen-bond donors (Lipinski definition) is 0. The summed E-state index contributed by atoms with van der Waals surface area (Å²) in [5, 5.41) is 1.10. The highest BCUT2D eigenvalue weighted by atomic mass is 32.1. The fourth-order valence-electron chi connectivity index (χ4n) is 3.40. The van der Waals surface area contributed by atoms with Gasteiger partial charge in [0.1, 0.15) is 22.7 Å². The molecule has 0 atom stereocenters. The van der Waals surface area contributed by atoms with Gasteiger partial charge < -0.3 is 18.8 Å². The van der Waals surface area contributed by atoms with E-state index in [0.717, 1.165) is 27.4 Å². The van der Waals surface area contributed by atoms with Gasteiger partial charge in [0.05, 0.1) is 32.4 Å². The number of benzene rings is 1. The second-order valence-corrected chi connectivity index (χ2v) is 7.99. The van der Waals surface area contributed by atoms with E-state index in [-0.39, 0.29) is 0 Å². The monoisotopic (exact) mass is 409 g/mol. The summed E-state index contributed by atoms with van der Waals surface area (Å²) in [7, 11) is 3.29. The summed E-state index contributed by atoms with van der Waals surface area (Å²) in [5.41, 5.74) is 2.31. The van der Waals surface area contributed by atoms with Gasteiger partial charge in [0, 0.05) is 11.4 Å². The molecule has 0 saturated heterocycles. The van der Waals surface area contributed by atoms with E-state index < -0.39 is 0 Å². The SMILES string of the molecule is COc1ccc(CN(Cc2ccco2)c2ncnc3sc(C)c(C)c23)cc1OC. The van der Waals surface area contributed by atoms with E-state index in [1.54, 1.807) is 38.1 Å². The minimum Gasteiger partial charge on any atom is -0.493 e. The van der Waals surface area contributed by atoms with E-state index >= 15 is 0 Å². The standard InChI is InChI=1S/C22H23N3O3S/c1-14-15(2)29-22-20(14)21(23-13-24-22)25(12-17-6-5-9-28-17)11-16-7-8-18(26-3)19(10-16)27-4/h5-10,13H,11-12H2,1-4H3. The fourth-order valence-corrected chi connectivity index (χ4v) is 4.39. The normalized spacial score (nSPS) is 11.0. The number of nitrogens with zero attached hydrogens (tertiary/aromatic N) is 3. The highest BCUT2D eigenvalue weighted by Crippen LogP contribution is 2.36. The zero-order chi connectivity index (χ0) is 20.4. The van der Waals surface area contributed by atoms with Gasteiger partial charge in [0.25, 0.3) is 0 Å². The zero-order valence-electron chi connectivity index (χ0n) is 16.9. The van der Waals surface area contributed by atoms with Crippen molar-refractivity contribution in [2.45, 2.75) is 26.9 Å². The number of methoxy groups -OCH3 is 2. The number of aryl methyl sites for hydroxylation is 2. The van der Waals surface area contributed by atoms with E-state index in [9.17, 15) is 0 Å². The summed E-state index contributed by atoms with van der Waals surface area (Å²) in [4.78, 5) is 13.6. The number of thiophene rings is 1. The Morgan fingerprint density at radius 3 is 2.59 bits per heavy atom. The number of ether oxygens (including phenoxy) is 2. The van der Waals surface area contributed by atoms with Crippen LogP contribution in [0.1, 0.15) is 21.8 Å². The predicted octanol–water partition coefficient (Wildman–Crippen LogP) is 5.13. The van der Waals surface area contributed by atoms with Crippen molar-refractivity contribution in [1.82, 2.24) is 9.97 Å². The van der Waals surface area contributed by atoms with Crippen LogP contribution in [0.3, 0.4) is 0 Å². The first-order chi connectivity index (χ1) is 14.1. The molecule has 0 unspecified atom stereocenters. The molecule has 0 aliphatic carbocycles. The van der Waals surface area contributed by atoms with Crippen molar-refractivity contribution in [2.75, 3.05) is 19.1 Å². The maximum absolute atomic E-state index is 5.62. The highest BCUT2D eigenvalue weighted by Gasteiger charge is 2.19. The summed E-state index contributed by atoms with van der Waals surface area (Å²) < 4.78 is 16.5. The van der Waals surface area contributed by atoms with Crippen LogP contribution in [0.25, 0.3) is 10.2 Å². The van der Waals surface area contributed by atoms with Crippen molar-refractivity contribution in [3.05, 3.63) is 64.7 Å². The maximum atomic E-state index is 5.62. The first kappa shape index (κ1) is 19.3. The summed E-state index contributed by atoms with van der Waals surface area (Å²) in [6.45, 7) is 5.49. The molecule has 3 aromatic heterocycles. The lowest BCUT2D eigenvalue weighted by Gasteiger charge is -2.24. The van der Waals surface area contributed by atoms with Gasteiger partial charge in [0.15, 0.2) is 11.5 Å². The Morgan fingerprint density at radius 2 is 1.86 bits per heavy atom. The number of furan rings is 1. The number of aromatic nitrogens is 2. The highest BCUT2D eigenvalue weighted by molar-refractivity contribution is 7.18. The largest absolute Gasteiger partial charge is 0.493 e. The maximum Gasteiger partial charge on any atom is 0.161 e. The predicted molar refractivity (Wildman–Crippen MR) is 115 cm³/mol. The van der Waals surface area contributed by atoms with Gasteiger partial charge in [-0.2, -0.15) is 0 Å². The first-order valence-electron chi connectivity index (χ1n) is 9.29. The molecule has 0 N–H and O–H groups in total. The molecule has 0 radical (unpaired) electrons.